The molecule has 0 radical (unpaired) electrons. The first-order valence-corrected chi connectivity index (χ1v) is 10.2. The van der Waals surface area contributed by atoms with Crippen LogP contribution in [-0.2, 0) is 18.4 Å². The maximum absolute atomic E-state index is 12.8. The number of benzene rings is 1. The molecule has 1 amide bonds. The van der Waals surface area contributed by atoms with Gasteiger partial charge in [0.25, 0.3) is 5.91 Å². The third-order valence-corrected chi connectivity index (χ3v) is 5.49. The summed E-state index contributed by atoms with van der Waals surface area (Å²) in [6.07, 6.45) is 0.868. The lowest BCUT2D eigenvalue weighted by Crippen LogP contribution is -2.21. The Bertz CT molecular complexity index is 1320. The predicted octanol–water partition coefficient (Wildman–Crippen LogP) is 4.82. The van der Waals surface area contributed by atoms with Gasteiger partial charge in [-0.2, -0.15) is 13.2 Å². The van der Waals surface area contributed by atoms with Gasteiger partial charge in [-0.05, 0) is 43.0 Å². The first-order valence-electron chi connectivity index (χ1n) is 10.2. The summed E-state index contributed by atoms with van der Waals surface area (Å²) in [6.45, 7) is 1.03. The SMILES string of the molecule is Cn1c(C(=O)Nc2cccnc2)cc2c1c1ccccc1n2CC1CC1.O=C(O)C(F)(F)F. The Morgan fingerprint density at radius 2 is 1.85 bits per heavy atom. The molecule has 5 rings (SSSR count). The fraction of sp³-hybridized carbons (Fsp3) is 0.261. The molecule has 1 aliphatic carbocycles. The number of carboxylic acid groups (broad SMARTS) is 1. The van der Waals surface area contributed by atoms with Gasteiger partial charge >= 0.3 is 12.1 Å². The zero-order valence-electron chi connectivity index (χ0n) is 17.6. The van der Waals surface area contributed by atoms with Gasteiger partial charge < -0.3 is 19.6 Å². The molecule has 33 heavy (non-hydrogen) atoms. The highest BCUT2D eigenvalue weighted by molar-refractivity contribution is 6.12. The van der Waals surface area contributed by atoms with Crippen molar-refractivity contribution in [2.75, 3.05) is 5.32 Å². The minimum atomic E-state index is -5.08. The minimum Gasteiger partial charge on any atom is -0.475 e. The van der Waals surface area contributed by atoms with Crippen molar-refractivity contribution in [3.05, 3.63) is 60.6 Å². The number of aliphatic carboxylic acids is 1. The summed E-state index contributed by atoms with van der Waals surface area (Å²) in [6, 6.07) is 14.1. The van der Waals surface area contributed by atoms with Crippen LogP contribution in [0.4, 0.5) is 18.9 Å². The van der Waals surface area contributed by atoms with E-state index >= 15 is 0 Å². The molecule has 1 aromatic carbocycles. The van der Waals surface area contributed by atoms with Gasteiger partial charge in [0, 0.05) is 25.2 Å². The Hall–Kier alpha value is -3.82. The molecule has 3 aromatic heterocycles. The number of fused-ring (bicyclic) bond motifs is 3. The van der Waals surface area contributed by atoms with Gasteiger partial charge in [0.1, 0.15) is 5.69 Å². The van der Waals surface area contributed by atoms with Gasteiger partial charge in [-0.3, -0.25) is 9.78 Å². The third kappa shape index (κ3) is 4.69. The van der Waals surface area contributed by atoms with Gasteiger partial charge in [0.05, 0.1) is 28.4 Å². The van der Waals surface area contributed by atoms with Crippen LogP contribution in [0.15, 0.2) is 54.9 Å². The van der Waals surface area contributed by atoms with Crippen molar-refractivity contribution in [3.63, 3.8) is 0 Å². The number of rotatable bonds is 4. The monoisotopic (exact) mass is 458 g/mol. The van der Waals surface area contributed by atoms with E-state index in [9.17, 15) is 18.0 Å². The highest BCUT2D eigenvalue weighted by Gasteiger charge is 2.38. The largest absolute Gasteiger partial charge is 0.490 e. The number of aryl methyl sites for hydroxylation is 1. The van der Waals surface area contributed by atoms with Crippen LogP contribution >= 0.6 is 0 Å². The number of carboxylic acids is 1. The van der Waals surface area contributed by atoms with Gasteiger partial charge in [-0.15, -0.1) is 0 Å². The van der Waals surface area contributed by atoms with E-state index in [2.05, 4.69) is 39.1 Å². The van der Waals surface area contributed by atoms with Crippen LogP contribution in [0.5, 0.6) is 0 Å². The van der Waals surface area contributed by atoms with Crippen LogP contribution in [0.3, 0.4) is 0 Å². The Morgan fingerprint density at radius 3 is 2.45 bits per heavy atom. The molecule has 10 heteroatoms. The quantitative estimate of drug-likeness (QED) is 0.459. The fourth-order valence-electron chi connectivity index (χ4n) is 3.76. The Balaban J connectivity index is 0.000000325. The molecule has 4 aromatic rings. The average molecular weight is 458 g/mol. The Labute approximate surface area is 186 Å². The number of carbonyl (C=O) groups excluding carboxylic acids is 1. The van der Waals surface area contributed by atoms with Crippen LogP contribution in [0, 0.1) is 5.92 Å². The Morgan fingerprint density at radius 1 is 1.15 bits per heavy atom. The molecule has 1 fully saturated rings. The Kier molecular flexibility index (Phi) is 5.84. The topological polar surface area (TPSA) is 89.2 Å². The number of hydrogen-bond acceptors (Lipinski definition) is 3. The summed E-state index contributed by atoms with van der Waals surface area (Å²) >= 11 is 0. The number of anilines is 1. The van der Waals surface area contributed by atoms with E-state index in [1.54, 1.807) is 12.4 Å². The molecule has 0 unspecified atom stereocenters. The number of carbonyl (C=O) groups is 2. The van der Waals surface area contributed by atoms with Crippen molar-refractivity contribution < 1.29 is 27.9 Å². The zero-order chi connectivity index (χ0) is 23.8. The smallest absolute Gasteiger partial charge is 0.475 e. The first-order chi connectivity index (χ1) is 15.7. The number of amides is 1. The van der Waals surface area contributed by atoms with Crippen molar-refractivity contribution in [1.82, 2.24) is 14.1 Å². The van der Waals surface area contributed by atoms with Crippen LogP contribution < -0.4 is 5.32 Å². The summed E-state index contributed by atoms with van der Waals surface area (Å²) < 4.78 is 36.1. The maximum atomic E-state index is 12.8. The molecule has 3 heterocycles. The van der Waals surface area contributed by atoms with Crippen molar-refractivity contribution in [2.24, 2.45) is 13.0 Å². The van der Waals surface area contributed by atoms with E-state index in [-0.39, 0.29) is 5.91 Å². The van der Waals surface area contributed by atoms with E-state index in [1.165, 1.54) is 23.7 Å². The molecule has 0 saturated heterocycles. The van der Waals surface area contributed by atoms with Crippen LogP contribution in [0.25, 0.3) is 21.9 Å². The molecule has 172 valence electrons. The molecular weight excluding hydrogens is 437 g/mol. The normalized spacial score (nSPS) is 13.6. The first kappa shape index (κ1) is 22.4. The summed E-state index contributed by atoms with van der Waals surface area (Å²) in [5.74, 6) is -2.10. The van der Waals surface area contributed by atoms with Gasteiger partial charge in [-0.25, -0.2) is 4.79 Å². The average Bonchev–Trinajstić information content (AvgIpc) is 3.46. The van der Waals surface area contributed by atoms with Gasteiger partial charge in [0.15, 0.2) is 0 Å². The van der Waals surface area contributed by atoms with Crippen molar-refractivity contribution in [3.8, 4) is 0 Å². The molecule has 0 aliphatic heterocycles. The second-order valence-electron chi connectivity index (χ2n) is 7.89. The molecule has 0 atom stereocenters. The van der Waals surface area contributed by atoms with E-state index in [0.717, 1.165) is 23.5 Å². The molecular formula is C23H21F3N4O3. The van der Waals surface area contributed by atoms with E-state index in [4.69, 9.17) is 9.90 Å². The van der Waals surface area contributed by atoms with E-state index in [0.29, 0.717) is 11.4 Å². The second kappa shape index (κ2) is 8.61. The lowest BCUT2D eigenvalue weighted by Gasteiger charge is -2.07. The lowest BCUT2D eigenvalue weighted by atomic mass is 10.2. The van der Waals surface area contributed by atoms with E-state index in [1.807, 2.05) is 29.8 Å². The van der Waals surface area contributed by atoms with Crippen LogP contribution in [0.1, 0.15) is 23.3 Å². The van der Waals surface area contributed by atoms with Crippen molar-refractivity contribution >= 4 is 39.5 Å². The number of halogens is 3. The number of nitrogens with one attached hydrogen (secondary N) is 1. The molecule has 0 bridgehead atoms. The predicted molar refractivity (Wildman–Crippen MR) is 117 cm³/mol. The van der Waals surface area contributed by atoms with Crippen LogP contribution in [0.2, 0.25) is 0 Å². The summed E-state index contributed by atoms with van der Waals surface area (Å²) in [5.41, 5.74) is 4.87. The molecule has 1 saturated carbocycles. The number of hydrogen-bond donors (Lipinski definition) is 2. The fourth-order valence-corrected chi connectivity index (χ4v) is 3.76. The van der Waals surface area contributed by atoms with Crippen LogP contribution in [-0.4, -0.2) is 37.3 Å². The molecule has 2 N–H and O–H groups in total. The summed E-state index contributed by atoms with van der Waals surface area (Å²) in [4.78, 5) is 25.8. The number of alkyl halides is 3. The number of aromatic nitrogens is 3. The molecule has 0 spiro atoms. The van der Waals surface area contributed by atoms with Crippen molar-refractivity contribution in [2.45, 2.75) is 25.6 Å². The lowest BCUT2D eigenvalue weighted by molar-refractivity contribution is -0.192. The number of para-hydroxylation sites is 1. The minimum absolute atomic E-state index is 0.112. The van der Waals surface area contributed by atoms with E-state index < -0.39 is 12.1 Å². The third-order valence-electron chi connectivity index (χ3n) is 5.49. The second-order valence-corrected chi connectivity index (χ2v) is 7.89. The van der Waals surface area contributed by atoms with Crippen molar-refractivity contribution in [1.29, 1.82) is 0 Å². The highest BCUT2D eigenvalue weighted by Crippen LogP contribution is 2.37. The van der Waals surface area contributed by atoms with Gasteiger partial charge in [0.2, 0.25) is 0 Å². The molecule has 1 aliphatic rings. The summed E-state index contributed by atoms with van der Waals surface area (Å²) in [5, 5.41) is 11.3. The molecule has 7 nitrogen and oxygen atoms in total. The van der Waals surface area contributed by atoms with Gasteiger partial charge in [-0.1, -0.05) is 18.2 Å². The highest BCUT2D eigenvalue weighted by atomic mass is 19.4. The zero-order valence-corrected chi connectivity index (χ0v) is 17.6. The number of nitrogens with zero attached hydrogens (tertiary/aromatic N) is 3. The summed E-state index contributed by atoms with van der Waals surface area (Å²) in [7, 11) is 1.97. The standard InChI is InChI=1S/C21H20N4O.C2HF3O2/c1-24-19(21(26)23-15-5-4-10-22-12-15)11-18-20(24)16-6-2-3-7-17(16)25(18)13-14-8-9-14;3-2(4,5)1(6)7/h2-7,10-12,14H,8-9,13H2,1H3,(H,23,26);(H,6,7). The maximum Gasteiger partial charge on any atom is 0.490 e. The number of pyridine rings is 1.